The fourth-order valence-electron chi connectivity index (χ4n) is 5.17. The first-order valence-corrected chi connectivity index (χ1v) is 12.7. The second-order valence-electron chi connectivity index (χ2n) is 9.94. The second-order valence-corrected chi connectivity index (χ2v) is 9.94. The zero-order valence-electron chi connectivity index (χ0n) is 20.9. The molecule has 0 N–H and O–H groups in total. The third-order valence-corrected chi connectivity index (χ3v) is 7.31. The lowest BCUT2D eigenvalue weighted by atomic mass is 9.92. The summed E-state index contributed by atoms with van der Waals surface area (Å²) in [6, 6.07) is 10.0. The van der Waals surface area contributed by atoms with Crippen LogP contribution in [0.4, 0.5) is 26.3 Å². The van der Waals surface area contributed by atoms with E-state index in [1.54, 1.807) is 12.1 Å². The number of alkyl halides is 2. The summed E-state index contributed by atoms with van der Waals surface area (Å²) < 4.78 is 90.6. The molecule has 0 radical (unpaired) electrons. The summed E-state index contributed by atoms with van der Waals surface area (Å²) >= 11 is 0. The SMILES string of the molecule is CCCCCC1CCC(c2ccc(-c3cc(F)c(C(F)(F)Oc4cc(F)c(C)c(F)c4)c(F)c3)cc2)C1. The third kappa shape index (κ3) is 6.13. The lowest BCUT2D eigenvalue weighted by molar-refractivity contribution is -0.189. The Balaban J connectivity index is 1.50. The molecule has 7 heteroatoms. The van der Waals surface area contributed by atoms with Gasteiger partial charge in [-0.15, -0.1) is 0 Å². The Morgan fingerprint density at radius 3 is 2.03 bits per heavy atom. The molecule has 4 rings (SSSR count). The number of hydrogen-bond donors (Lipinski definition) is 0. The molecule has 0 saturated heterocycles. The maximum atomic E-state index is 14.8. The first-order valence-electron chi connectivity index (χ1n) is 12.7. The lowest BCUT2D eigenvalue weighted by Crippen LogP contribution is -2.25. The average molecular weight is 521 g/mol. The average Bonchev–Trinajstić information content (AvgIpc) is 3.31. The molecule has 37 heavy (non-hydrogen) atoms. The van der Waals surface area contributed by atoms with Crippen molar-refractivity contribution < 1.29 is 31.1 Å². The van der Waals surface area contributed by atoms with Crippen molar-refractivity contribution in [3.8, 4) is 16.9 Å². The molecule has 0 aromatic heterocycles. The first-order chi connectivity index (χ1) is 17.6. The van der Waals surface area contributed by atoms with Crippen LogP contribution in [0.15, 0.2) is 48.5 Å². The minimum Gasteiger partial charge on any atom is -0.429 e. The number of hydrogen-bond acceptors (Lipinski definition) is 1. The van der Waals surface area contributed by atoms with Crippen molar-refractivity contribution in [2.45, 2.75) is 70.8 Å². The fourth-order valence-corrected chi connectivity index (χ4v) is 5.17. The molecule has 198 valence electrons. The van der Waals surface area contributed by atoms with Crippen LogP contribution in [0.3, 0.4) is 0 Å². The van der Waals surface area contributed by atoms with Gasteiger partial charge >= 0.3 is 6.11 Å². The Morgan fingerprint density at radius 1 is 0.811 bits per heavy atom. The van der Waals surface area contributed by atoms with Gasteiger partial charge in [0, 0.05) is 17.7 Å². The number of benzene rings is 3. The fraction of sp³-hybridized carbons (Fsp3) is 0.400. The van der Waals surface area contributed by atoms with Gasteiger partial charge in [0.05, 0.1) is 0 Å². The van der Waals surface area contributed by atoms with Crippen LogP contribution in [0.25, 0.3) is 11.1 Å². The minimum atomic E-state index is -4.50. The Morgan fingerprint density at radius 2 is 1.43 bits per heavy atom. The molecule has 1 saturated carbocycles. The van der Waals surface area contributed by atoms with Gasteiger partial charge in [0.25, 0.3) is 0 Å². The quantitative estimate of drug-likeness (QED) is 0.202. The zero-order valence-corrected chi connectivity index (χ0v) is 20.9. The number of rotatable bonds is 9. The van der Waals surface area contributed by atoms with E-state index in [9.17, 15) is 26.3 Å². The highest BCUT2D eigenvalue weighted by Crippen LogP contribution is 2.42. The molecule has 0 spiro atoms. The molecule has 2 unspecified atom stereocenters. The van der Waals surface area contributed by atoms with Crippen molar-refractivity contribution >= 4 is 0 Å². The molecule has 3 aromatic rings. The summed E-state index contributed by atoms with van der Waals surface area (Å²) in [5.74, 6) is -4.99. The smallest absolute Gasteiger partial charge is 0.429 e. The molecular formula is C30H30F6O. The maximum absolute atomic E-state index is 14.8. The third-order valence-electron chi connectivity index (χ3n) is 7.31. The van der Waals surface area contributed by atoms with Crippen LogP contribution in [0.5, 0.6) is 5.75 Å². The molecule has 0 heterocycles. The van der Waals surface area contributed by atoms with Crippen molar-refractivity contribution in [1.29, 1.82) is 0 Å². The highest BCUT2D eigenvalue weighted by molar-refractivity contribution is 5.64. The molecule has 0 amide bonds. The lowest BCUT2D eigenvalue weighted by Gasteiger charge is -2.20. The van der Waals surface area contributed by atoms with Crippen molar-refractivity contribution in [2.75, 3.05) is 0 Å². The highest BCUT2D eigenvalue weighted by Gasteiger charge is 2.41. The van der Waals surface area contributed by atoms with E-state index < -0.39 is 40.7 Å². The van der Waals surface area contributed by atoms with E-state index >= 15 is 0 Å². The van der Waals surface area contributed by atoms with E-state index in [2.05, 4.69) is 11.7 Å². The molecule has 1 nitrogen and oxygen atoms in total. The molecular weight excluding hydrogens is 490 g/mol. The van der Waals surface area contributed by atoms with Gasteiger partial charge < -0.3 is 4.74 Å². The van der Waals surface area contributed by atoms with Crippen LogP contribution in [0.1, 0.15) is 74.5 Å². The van der Waals surface area contributed by atoms with Crippen molar-refractivity contribution in [2.24, 2.45) is 5.92 Å². The molecule has 1 fully saturated rings. The van der Waals surface area contributed by atoms with E-state index in [0.29, 0.717) is 23.6 Å². The first kappa shape index (κ1) is 27.1. The van der Waals surface area contributed by atoms with E-state index in [0.717, 1.165) is 43.4 Å². The van der Waals surface area contributed by atoms with Gasteiger partial charge in [-0.3, -0.25) is 0 Å². The van der Waals surface area contributed by atoms with Crippen LogP contribution in [-0.4, -0.2) is 0 Å². The maximum Gasteiger partial charge on any atom is 0.432 e. The Labute approximate surface area is 213 Å². The normalized spacial score (nSPS) is 17.8. The Hall–Kier alpha value is -2.96. The summed E-state index contributed by atoms with van der Waals surface area (Å²) in [6.45, 7) is 3.32. The molecule has 1 aliphatic carbocycles. The Kier molecular flexibility index (Phi) is 8.20. The molecule has 0 bridgehead atoms. The van der Waals surface area contributed by atoms with Crippen LogP contribution in [-0.2, 0) is 6.11 Å². The number of halogens is 6. The molecule has 2 atom stereocenters. The van der Waals surface area contributed by atoms with E-state index in [4.69, 9.17) is 0 Å². The van der Waals surface area contributed by atoms with E-state index in [1.807, 2.05) is 12.1 Å². The Bertz CT molecular complexity index is 1190. The predicted molar refractivity (Wildman–Crippen MR) is 132 cm³/mol. The molecule has 0 aliphatic heterocycles. The van der Waals surface area contributed by atoms with Gasteiger partial charge in [0.2, 0.25) is 0 Å². The topological polar surface area (TPSA) is 9.23 Å². The largest absolute Gasteiger partial charge is 0.432 e. The van der Waals surface area contributed by atoms with Gasteiger partial charge in [0.15, 0.2) is 0 Å². The van der Waals surface area contributed by atoms with E-state index in [-0.39, 0.29) is 11.1 Å². The van der Waals surface area contributed by atoms with E-state index in [1.165, 1.54) is 32.1 Å². The van der Waals surface area contributed by atoms with Crippen LogP contribution < -0.4 is 4.74 Å². The van der Waals surface area contributed by atoms with Gasteiger partial charge in [-0.1, -0.05) is 56.9 Å². The molecule has 1 aliphatic rings. The standard InChI is InChI=1S/C30H30F6O/c1-3-4-5-6-19-7-8-22(13-19)20-9-11-21(12-10-20)23-14-27(33)29(28(34)15-23)30(35,36)37-24-16-25(31)18(2)26(32)17-24/h9-12,14-17,19,22H,3-8,13H2,1-2H3. The summed E-state index contributed by atoms with van der Waals surface area (Å²) in [6.07, 6.45) is 3.90. The predicted octanol–water partition coefficient (Wildman–Crippen LogP) is 9.81. The zero-order chi connectivity index (χ0) is 26.7. The van der Waals surface area contributed by atoms with Crippen LogP contribution in [0.2, 0.25) is 0 Å². The number of unbranched alkanes of at least 4 members (excludes halogenated alkanes) is 2. The molecule has 3 aromatic carbocycles. The minimum absolute atomic E-state index is 0.0948. The van der Waals surface area contributed by atoms with Gasteiger partial charge in [-0.25, -0.2) is 17.6 Å². The van der Waals surface area contributed by atoms with Gasteiger partial charge in [-0.05, 0) is 66.8 Å². The van der Waals surface area contributed by atoms with Crippen molar-refractivity contribution in [3.63, 3.8) is 0 Å². The van der Waals surface area contributed by atoms with Gasteiger partial charge in [0.1, 0.15) is 34.6 Å². The second kappa shape index (κ2) is 11.2. The number of ether oxygens (including phenoxy) is 1. The van der Waals surface area contributed by atoms with Crippen LogP contribution in [0, 0.1) is 36.1 Å². The monoisotopic (exact) mass is 520 g/mol. The van der Waals surface area contributed by atoms with Gasteiger partial charge in [-0.2, -0.15) is 8.78 Å². The highest BCUT2D eigenvalue weighted by atomic mass is 19.3. The summed E-state index contributed by atoms with van der Waals surface area (Å²) in [5, 5.41) is 0. The van der Waals surface area contributed by atoms with Crippen LogP contribution >= 0.6 is 0 Å². The van der Waals surface area contributed by atoms with Crippen molar-refractivity contribution in [3.05, 3.63) is 88.5 Å². The summed E-state index contributed by atoms with van der Waals surface area (Å²) in [7, 11) is 0. The van der Waals surface area contributed by atoms with Crippen molar-refractivity contribution in [1.82, 2.24) is 0 Å². The summed E-state index contributed by atoms with van der Waals surface area (Å²) in [4.78, 5) is 0. The summed E-state index contributed by atoms with van der Waals surface area (Å²) in [5.41, 5.74) is -0.274.